The highest BCUT2D eigenvalue weighted by Gasteiger charge is 2.33. The van der Waals surface area contributed by atoms with Crippen LogP contribution < -0.4 is 4.90 Å². The Balaban J connectivity index is 2.85. The molecule has 0 saturated heterocycles. The smallest absolute Gasteiger partial charge is 0.354 e. The van der Waals surface area contributed by atoms with Gasteiger partial charge in [0.05, 0.1) is 5.75 Å². The van der Waals surface area contributed by atoms with Gasteiger partial charge < -0.3 is 4.90 Å². The van der Waals surface area contributed by atoms with Crippen LogP contribution in [-0.4, -0.2) is 43.2 Å². The molecule has 0 N–H and O–H groups in total. The first-order chi connectivity index (χ1) is 9.07. The third-order valence-electron chi connectivity index (χ3n) is 2.90. The van der Waals surface area contributed by atoms with E-state index in [0.717, 1.165) is 6.07 Å². The number of hydrogen-bond donors (Lipinski definition) is 0. The van der Waals surface area contributed by atoms with Crippen molar-refractivity contribution in [2.75, 3.05) is 23.5 Å². The monoisotopic (exact) mass is 311 g/mol. The lowest BCUT2D eigenvalue weighted by atomic mass is 10.3. The van der Waals surface area contributed by atoms with Crippen LogP contribution in [0.4, 0.5) is 19.0 Å². The lowest BCUT2D eigenvalue weighted by Gasteiger charge is -2.25. The summed E-state index contributed by atoms with van der Waals surface area (Å²) in [6.07, 6.45) is -4.54. The summed E-state index contributed by atoms with van der Waals surface area (Å²) in [7, 11) is -1.61. The summed E-state index contributed by atoms with van der Waals surface area (Å²) < 4.78 is 60.1. The van der Waals surface area contributed by atoms with E-state index in [2.05, 4.69) is 10.2 Å². The van der Waals surface area contributed by atoms with Crippen molar-refractivity contribution in [3.05, 3.63) is 17.8 Å². The third-order valence-corrected chi connectivity index (χ3v) is 4.77. The SMILES string of the molecule is CCS(=O)(=O)C[C@H](C)N(C)c1ccc(C(F)(F)F)nn1. The minimum absolute atomic E-state index is 0.0177. The minimum Gasteiger partial charge on any atom is -0.354 e. The lowest BCUT2D eigenvalue weighted by molar-refractivity contribution is -0.141. The van der Waals surface area contributed by atoms with Gasteiger partial charge in [-0.15, -0.1) is 10.2 Å². The molecule has 0 saturated carbocycles. The van der Waals surface area contributed by atoms with Crippen LogP contribution in [0.25, 0.3) is 0 Å². The Morgan fingerprint density at radius 1 is 1.30 bits per heavy atom. The van der Waals surface area contributed by atoms with E-state index in [1.165, 1.54) is 11.0 Å². The number of sulfone groups is 1. The molecule has 1 heterocycles. The normalized spacial score (nSPS) is 14.1. The summed E-state index contributed by atoms with van der Waals surface area (Å²) in [5.41, 5.74) is -1.08. The summed E-state index contributed by atoms with van der Waals surface area (Å²) in [6.45, 7) is 3.20. The van der Waals surface area contributed by atoms with E-state index in [1.807, 2.05) is 0 Å². The summed E-state index contributed by atoms with van der Waals surface area (Å²) in [5, 5.41) is 6.59. The van der Waals surface area contributed by atoms with E-state index in [1.54, 1.807) is 20.9 Å². The van der Waals surface area contributed by atoms with E-state index >= 15 is 0 Å². The number of rotatable bonds is 5. The van der Waals surface area contributed by atoms with Gasteiger partial charge >= 0.3 is 6.18 Å². The average molecular weight is 311 g/mol. The molecule has 1 aromatic rings. The van der Waals surface area contributed by atoms with Gasteiger partial charge in [-0.1, -0.05) is 6.92 Å². The Labute approximate surface area is 115 Å². The number of alkyl halides is 3. The van der Waals surface area contributed by atoms with Crippen LogP contribution in [0.1, 0.15) is 19.5 Å². The summed E-state index contributed by atoms with van der Waals surface area (Å²) in [5.74, 6) is 0.115. The van der Waals surface area contributed by atoms with Crippen LogP contribution in [0.15, 0.2) is 12.1 Å². The molecule has 0 spiro atoms. The van der Waals surface area contributed by atoms with Crippen LogP contribution in [0.5, 0.6) is 0 Å². The molecule has 0 aromatic carbocycles. The Kier molecular flexibility index (Phi) is 4.95. The molecule has 0 unspecified atom stereocenters. The van der Waals surface area contributed by atoms with Crippen LogP contribution in [0, 0.1) is 0 Å². The highest BCUT2D eigenvalue weighted by atomic mass is 32.2. The van der Waals surface area contributed by atoms with Crippen LogP contribution >= 0.6 is 0 Å². The standard InChI is InChI=1S/C11H16F3N3O2S/c1-4-20(18,19)7-8(2)17(3)10-6-5-9(15-16-10)11(12,13)14/h5-6,8H,4,7H2,1-3H3/t8-/m0/s1. The van der Waals surface area contributed by atoms with Gasteiger partial charge in [0.25, 0.3) is 0 Å². The number of anilines is 1. The van der Waals surface area contributed by atoms with E-state index in [4.69, 9.17) is 0 Å². The molecule has 114 valence electrons. The predicted octanol–water partition coefficient (Wildman–Crippen LogP) is 1.75. The molecular weight excluding hydrogens is 295 g/mol. The van der Waals surface area contributed by atoms with Gasteiger partial charge in [0.1, 0.15) is 0 Å². The van der Waals surface area contributed by atoms with Crippen molar-refractivity contribution in [2.45, 2.75) is 26.1 Å². The zero-order valence-corrected chi connectivity index (χ0v) is 12.2. The summed E-state index contributed by atoms with van der Waals surface area (Å²) >= 11 is 0. The fraction of sp³-hybridized carbons (Fsp3) is 0.636. The van der Waals surface area contributed by atoms with Gasteiger partial charge in [-0.05, 0) is 19.1 Å². The van der Waals surface area contributed by atoms with E-state index in [0.29, 0.717) is 0 Å². The average Bonchev–Trinajstić information content (AvgIpc) is 2.36. The van der Waals surface area contributed by atoms with E-state index < -0.39 is 27.7 Å². The second kappa shape index (κ2) is 5.94. The summed E-state index contributed by atoms with van der Waals surface area (Å²) in [6, 6.07) is 1.58. The minimum atomic E-state index is -4.54. The first kappa shape index (κ1) is 16.7. The predicted molar refractivity (Wildman–Crippen MR) is 69.2 cm³/mol. The van der Waals surface area contributed by atoms with Crippen molar-refractivity contribution >= 4 is 15.7 Å². The molecule has 20 heavy (non-hydrogen) atoms. The maximum Gasteiger partial charge on any atom is 0.435 e. The van der Waals surface area contributed by atoms with Crippen molar-refractivity contribution in [2.24, 2.45) is 0 Å². The van der Waals surface area contributed by atoms with Crippen LogP contribution in [0.2, 0.25) is 0 Å². The van der Waals surface area contributed by atoms with Gasteiger partial charge in [0.15, 0.2) is 21.3 Å². The molecule has 1 rings (SSSR count). The molecule has 0 radical (unpaired) electrons. The molecule has 0 aliphatic carbocycles. The van der Waals surface area contributed by atoms with Crippen molar-refractivity contribution in [1.82, 2.24) is 10.2 Å². The zero-order chi connectivity index (χ0) is 15.6. The largest absolute Gasteiger partial charge is 0.435 e. The Hall–Kier alpha value is -1.38. The third kappa shape index (κ3) is 4.32. The Morgan fingerprint density at radius 3 is 2.30 bits per heavy atom. The van der Waals surface area contributed by atoms with Crippen LogP contribution in [0.3, 0.4) is 0 Å². The quantitative estimate of drug-likeness (QED) is 0.829. The van der Waals surface area contributed by atoms with Gasteiger partial charge in [0, 0.05) is 18.8 Å². The van der Waals surface area contributed by atoms with Gasteiger partial charge in [0.2, 0.25) is 0 Å². The molecule has 1 atom stereocenters. The van der Waals surface area contributed by atoms with Gasteiger partial charge in [-0.3, -0.25) is 0 Å². The van der Waals surface area contributed by atoms with Crippen LogP contribution in [-0.2, 0) is 16.0 Å². The van der Waals surface area contributed by atoms with Crippen molar-refractivity contribution < 1.29 is 21.6 Å². The zero-order valence-electron chi connectivity index (χ0n) is 11.3. The number of aromatic nitrogens is 2. The molecule has 0 bridgehead atoms. The molecule has 5 nitrogen and oxygen atoms in total. The molecule has 1 aromatic heterocycles. The second-order valence-electron chi connectivity index (χ2n) is 4.43. The Bertz CT molecular complexity index is 543. The van der Waals surface area contributed by atoms with Crippen molar-refractivity contribution in [3.63, 3.8) is 0 Å². The molecule has 0 aliphatic heterocycles. The molecule has 0 aliphatic rings. The van der Waals surface area contributed by atoms with Gasteiger partial charge in [-0.25, -0.2) is 8.42 Å². The highest BCUT2D eigenvalue weighted by molar-refractivity contribution is 7.91. The number of halogens is 3. The molecule has 0 fully saturated rings. The van der Waals surface area contributed by atoms with E-state index in [9.17, 15) is 21.6 Å². The Morgan fingerprint density at radius 2 is 1.90 bits per heavy atom. The molecular formula is C11H16F3N3O2S. The van der Waals surface area contributed by atoms with Gasteiger partial charge in [-0.2, -0.15) is 13.2 Å². The maximum absolute atomic E-state index is 12.4. The topological polar surface area (TPSA) is 63.2 Å². The summed E-state index contributed by atoms with van der Waals surface area (Å²) in [4.78, 5) is 1.49. The number of nitrogens with zero attached hydrogens (tertiary/aromatic N) is 3. The maximum atomic E-state index is 12.4. The molecule has 9 heteroatoms. The van der Waals surface area contributed by atoms with Crippen molar-refractivity contribution in [1.29, 1.82) is 0 Å². The first-order valence-electron chi connectivity index (χ1n) is 5.91. The molecule has 0 amide bonds. The van der Waals surface area contributed by atoms with Crippen molar-refractivity contribution in [3.8, 4) is 0 Å². The lowest BCUT2D eigenvalue weighted by Crippen LogP contribution is -2.36. The highest BCUT2D eigenvalue weighted by Crippen LogP contribution is 2.27. The first-order valence-corrected chi connectivity index (χ1v) is 7.73. The fourth-order valence-electron chi connectivity index (χ4n) is 1.49. The fourth-order valence-corrected chi connectivity index (χ4v) is 2.68. The number of hydrogen-bond acceptors (Lipinski definition) is 5. The second-order valence-corrected chi connectivity index (χ2v) is 6.83. The van der Waals surface area contributed by atoms with E-state index in [-0.39, 0.29) is 17.3 Å².